The molecule has 0 radical (unpaired) electrons. The van der Waals surface area contributed by atoms with Gasteiger partial charge in [0.2, 0.25) is 0 Å². The first-order valence-corrected chi connectivity index (χ1v) is 8.52. The van der Waals surface area contributed by atoms with Gasteiger partial charge in [0.25, 0.3) is 15.7 Å². The molecule has 1 aromatic carbocycles. The molecule has 0 bridgehead atoms. The highest BCUT2D eigenvalue weighted by atomic mass is 79.9. The third-order valence-electron chi connectivity index (χ3n) is 2.53. The first kappa shape index (κ1) is 15.9. The van der Waals surface area contributed by atoms with Crippen molar-refractivity contribution in [3.8, 4) is 0 Å². The van der Waals surface area contributed by atoms with Gasteiger partial charge in [-0.15, -0.1) is 11.3 Å². The maximum Gasteiger partial charge on any atom is 0.293 e. The number of sulfonamides is 1. The van der Waals surface area contributed by atoms with Crippen LogP contribution < -0.4 is 4.72 Å². The maximum atomic E-state index is 13.2. The smallest absolute Gasteiger partial charge is 0.273 e. The Morgan fingerprint density at radius 3 is 2.57 bits per heavy atom. The zero-order valence-electron chi connectivity index (χ0n) is 10.5. The topological polar surface area (TPSA) is 89.3 Å². The van der Waals surface area contributed by atoms with E-state index >= 15 is 0 Å². The van der Waals surface area contributed by atoms with Gasteiger partial charge in [-0.2, -0.15) is 0 Å². The van der Waals surface area contributed by atoms with Crippen molar-refractivity contribution in [1.82, 2.24) is 0 Å². The van der Waals surface area contributed by atoms with Crippen LogP contribution in [-0.2, 0) is 10.0 Å². The Hall–Kier alpha value is -1.52. The molecular formula is C11H8BrFN2O4S2. The second kappa shape index (κ2) is 5.70. The summed E-state index contributed by atoms with van der Waals surface area (Å²) in [5.74, 6) is -0.776. The number of thiophene rings is 1. The number of aryl methyl sites for hydroxylation is 1. The molecule has 0 aliphatic rings. The van der Waals surface area contributed by atoms with E-state index in [1.165, 1.54) is 17.4 Å². The van der Waals surface area contributed by atoms with Crippen LogP contribution in [-0.4, -0.2) is 13.3 Å². The zero-order chi connectivity index (χ0) is 15.8. The van der Waals surface area contributed by atoms with Gasteiger partial charge in [0.1, 0.15) is 16.4 Å². The molecule has 0 saturated carbocycles. The first-order chi connectivity index (χ1) is 9.70. The molecule has 112 valence electrons. The molecule has 2 aromatic rings. The van der Waals surface area contributed by atoms with E-state index in [9.17, 15) is 22.9 Å². The highest BCUT2D eigenvalue weighted by Crippen LogP contribution is 2.33. The van der Waals surface area contributed by atoms with E-state index in [1.807, 2.05) is 0 Å². The van der Waals surface area contributed by atoms with Gasteiger partial charge in [-0.1, -0.05) is 0 Å². The Morgan fingerprint density at radius 1 is 1.38 bits per heavy atom. The van der Waals surface area contributed by atoms with E-state index in [-0.39, 0.29) is 4.90 Å². The predicted octanol–water partition coefficient (Wildman–Crippen LogP) is 3.67. The van der Waals surface area contributed by atoms with Crippen molar-refractivity contribution in [1.29, 1.82) is 0 Å². The molecular weight excluding hydrogens is 387 g/mol. The minimum absolute atomic E-state index is 0.0158. The Labute approximate surface area is 131 Å². The number of rotatable bonds is 4. The van der Waals surface area contributed by atoms with Gasteiger partial charge in [-0.25, -0.2) is 12.8 Å². The number of nitrogens with one attached hydrogen (secondary N) is 1. The number of hydrogen-bond acceptors (Lipinski definition) is 5. The molecule has 0 aliphatic heterocycles. The maximum absolute atomic E-state index is 13.2. The number of benzene rings is 1. The number of nitrogens with zero attached hydrogens (tertiary/aromatic N) is 1. The molecule has 0 amide bonds. The highest BCUT2D eigenvalue weighted by Gasteiger charge is 2.24. The number of hydrogen-bond donors (Lipinski definition) is 1. The van der Waals surface area contributed by atoms with Gasteiger partial charge in [-0.3, -0.25) is 14.8 Å². The predicted molar refractivity (Wildman–Crippen MR) is 80.6 cm³/mol. The summed E-state index contributed by atoms with van der Waals surface area (Å²) in [6.45, 7) is 1.60. The molecule has 1 heterocycles. The van der Waals surface area contributed by atoms with Crippen molar-refractivity contribution in [2.75, 3.05) is 4.72 Å². The summed E-state index contributed by atoms with van der Waals surface area (Å²) in [5.41, 5.74) is -0.936. The first-order valence-electron chi connectivity index (χ1n) is 5.43. The monoisotopic (exact) mass is 394 g/mol. The van der Waals surface area contributed by atoms with Gasteiger partial charge in [0.05, 0.1) is 8.71 Å². The Balaban J connectivity index is 2.48. The molecule has 0 spiro atoms. The van der Waals surface area contributed by atoms with Crippen molar-refractivity contribution in [3.63, 3.8) is 0 Å². The molecule has 1 aromatic heterocycles. The summed E-state index contributed by atoms with van der Waals surface area (Å²) < 4.78 is 40.4. The van der Waals surface area contributed by atoms with Crippen LogP contribution in [0, 0.1) is 22.9 Å². The van der Waals surface area contributed by atoms with E-state index < -0.39 is 32.1 Å². The number of nitro groups is 1. The molecule has 21 heavy (non-hydrogen) atoms. The van der Waals surface area contributed by atoms with Crippen molar-refractivity contribution in [2.24, 2.45) is 0 Å². The second-order valence-electron chi connectivity index (χ2n) is 4.00. The Bertz CT molecular complexity index is 820. The molecule has 0 aliphatic carbocycles. The van der Waals surface area contributed by atoms with E-state index in [4.69, 9.17) is 0 Å². The standard InChI is InChI=1S/C11H8BrFN2O4S2/c1-6-10(5-11(12)20-6)21(18,19)14-8-4-7(13)2-3-9(8)15(16)17/h2-5,14H,1H3. The second-order valence-corrected chi connectivity index (χ2v) is 8.28. The van der Waals surface area contributed by atoms with Gasteiger partial charge < -0.3 is 0 Å². The van der Waals surface area contributed by atoms with E-state index in [1.54, 1.807) is 6.92 Å². The van der Waals surface area contributed by atoms with Crippen molar-refractivity contribution >= 4 is 48.7 Å². The van der Waals surface area contributed by atoms with Gasteiger partial charge in [0, 0.05) is 17.0 Å². The van der Waals surface area contributed by atoms with Gasteiger partial charge in [-0.05, 0) is 35.0 Å². The van der Waals surface area contributed by atoms with Gasteiger partial charge >= 0.3 is 0 Å². The van der Waals surface area contributed by atoms with Crippen LogP contribution in [0.15, 0.2) is 32.9 Å². The quantitative estimate of drug-likeness (QED) is 0.632. The molecule has 0 unspecified atom stereocenters. The average molecular weight is 395 g/mol. The summed E-state index contributed by atoms with van der Waals surface area (Å²) in [6, 6.07) is 3.95. The lowest BCUT2D eigenvalue weighted by Gasteiger charge is -2.08. The normalized spacial score (nSPS) is 11.4. The lowest BCUT2D eigenvalue weighted by atomic mass is 10.3. The van der Waals surface area contributed by atoms with Crippen molar-refractivity contribution < 1.29 is 17.7 Å². The third kappa shape index (κ3) is 3.39. The third-order valence-corrected chi connectivity index (χ3v) is 5.71. The summed E-state index contributed by atoms with van der Waals surface area (Å²) in [7, 11) is -4.04. The minimum atomic E-state index is -4.04. The van der Waals surface area contributed by atoms with Crippen LogP contribution >= 0.6 is 27.3 Å². The summed E-state index contributed by atoms with van der Waals surface area (Å²) in [4.78, 5) is 10.6. The van der Waals surface area contributed by atoms with Crippen LogP contribution in [0.2, 0.25) is 0 Å². The largest absolute Gasteiger partial charge is 0.293 e. The van der Waals surface area contributed by atoms with E-state index in [0.717, 1.165) is 18.2 Å². The number of anilines is 1. The number of halogens is 2. The fourth-order valence-corrected chi connectivity index (χ4v) is 5.13. The lowest BCUT2D eigenvalue weighted by Crippen LogP contribution is -2.14. The summed E-state index contributed by atoms with van der Waals surface area (Å²) in [6.07, 6.45) is 0. The van der Waals surface area contributed by atoms with Crippen LogP contribution in [0.1, 0.15) is 4.88 Å². The molecule has 0 saturated heterocycles. The van der Waals surface area contributed by atoms with Crippen LogP contribution in [0.4, 0.5) is 15.8 Å². The van der Waals surface area contributed by atoms with Crippen LogP contribution in [0.25, 0.3) is 0 Å². The Kier molecular flexibility index (Phi) is 4.30. The van der Waals surface area contributed by atoms with Crippen LogP contribution in [0.3, 0.4) is 0 Å². The zero-order valence-corrected chi connectivity index (χ0v) is 13.7. The SMILES string of the molecule is Cc1sc(Br)cc1S(=O)(=O)Nc1cc(F)ccc1[N+](=O)[O-]. The van der Waals surface area contributed by atoms with Crippen LogP contribution in [0.5, 0.6) is 0 Å². The molecule has 10 heteroatoms. The number of nitro benzene ring substituents is 1. The molecule has 0 atom stereocenters. The summed E-state index contributed by atoms with van der Waals surface area (Å²) >= 11 is 4.38. The Morgan fingerprint density at radius 2 is 2.05 bits per heavy atom. The van der Waals surface area contributed by atoms with Gasteiger partial charge in [0.15, 0.2) is 0 Å². The van der Waals surface area contributed by atoms with E-state index in [2.05, 4.69) is 20.7 Å². The lowest BCUT2D eigenvalue weighted by molar-refractivity contribution is -0.383. The van der Waals surface area contributed by atoms with Crippen molar-refractivity contribution in [3.05, 3.63) is 48.9 Å². The fraction of sp³-hybridized carbons (Fsp3) is 0.0909. The molecule has 0 fully saturated rings. The average Bonchev–Trinajstić information content (AvgIpc) is 2.68. The highest BCUT2D eigenvalue weighted by molar-refractivity contribution is 9.11. The fourth-order valence-electron chi connectivity index (χ4n) is 1.65. The van der Waals surface area contributed by atoms with E-state index in [0.29, 0.717) is 8.66 Å². The molecule has 1 N–H and O–H groups in total. The van der Waals surface area contributed by atoms with Crippen molar-refractivity contribution in [2.45, 2.75) is 11.8 Å². The summed E-state index contributed by atoms with van der Waals surface area (Å²) in [5, 5.41) is 10.9. The molecule has 2 rings (SSSR count). The minimum Gasteiger partial charge on any atom is -0.273 e. The molecule has 6 nitrogen and oxygen atoms in total.